The Hall–Kier alpha value is -4.66. The first-order valence-corrected chi connectivity index (χ1v) is 10.7. The highest BCUT2D eigenvalue weighted by Crippen LogP contribution is 2.43. The van der Waals surface area contributed by atoms with Gasteiger partial charge in [0.25, 0.3) is 11.7 Å². The molecule has 0 aliphatic carbocycles. The molecule has 0 radical (unpaired) electrons. The summed E-state index contributed by atoms with van der Waals surface area (Å²) in [6, 6.07) is 13.7. The fourth-order valence-corrected chi connectivity index (χ4v) is 4.01. The largest absolute Gasteiger partial charge is 0.507 e. The lowest BCUT2D eigenvalue weighted by Gasteiger charge is -2.25. The van der Waals surface area contributed by atoms with Crippen molar-refractivity contribution in [1.29, 1.82) is 0 Å². The first kappa shape index (κ1) is 23.5. The molecular formula is C26H23N3O6. The Bertz CT molecular complexity index is 1320. The number of methoxy groups -OCH3 is 2. The molecule has 178 valence electrons. The summed E-state index contributed by atoms with van der Waals surface area (Å²) in [6.45, 7) is 1.39. The van der Waals surface area contributed by atoms with Crippen LogP contribution >= 0.6 is 0 Å². The second-order valence-electron chi connectivity index (χ2n) is 7.74. The molecule has 1 aliphatic rings. The molecule has 0 spiro atoms. The number of ketones is 1. The predicted octanol–water partition coefficient (Wildman–Crippen LogP) is 3.68. The molecule has 9 heteroatoms. The number of ether oxygens (including phenoxy) is 2. The number of anilines is 2. The number of Topliss-reactive ketones (excluding diaryl/α,β-unsaturated/α-hetero) is 1. The number of rotatable bonds is 6. The normalized spacial score (nSPS) is 16.8. The second kappa shape index (κ2) is 9.68. The van der Waals surface area contributed by atoms with Gasteiger partial charge in [-0.1, -0.05) is 0 Å². The number of hydrogen-bond acceptors (Lipinski definition) is 7. The lowest BCUT2D eigenvalue weighted by molar-refractivity contribution is -0.132. The average Bonchev–Trinajstić information content (AvgIpc) is 3.14. The van der Waals surface area contributed by atoms with Gasteiger partial charge in [-0.05, 0) is 60.2 Å². The third-order valence-electron chi connectivity index (χ3n) is 5.59. The Morgan fingerprint density at radius 1 is 1.00 bits per heavy atom. The molecule has 1 saturated heterocycles. The van der Waals surface area contributed by atoms with Crippen molar-refractivity contribution in [2.75, 3.05) is 24.4 Å². The van der Waals surface area contributed by atoms with Crippen LogP contribution in [-0.2, 0) is 14.4 Å². The van der Waals surface area contributed by atoms with Gasteiger partial charge in [0.15, 0.2) is 0 Å². The van der Waals surface area contributed by atoms with Crippen LogP contribution in [0.5, 0.6) is 11.5 Å². The van der Waals surface area contributed by atoms with Crippen LogP contribution in [0.3, 0.4) is 0 Å². The quantitative estimate of drug-likeness (QED) is 0.318. The molecule has 0 bridgehead atoms. The van der Waals surface area contributed by atoms with Gasteiger partial charge in [-0.15, -0.1) is 0 Å². The van der Waals surface area contributed by atoms with E-state index in [1.807, 2.05) is 0 Å². The molecule has 35 heavy (non-hydrogen) atoms. The molecule has 1 aliphatic heterocycles. The van der Waals surface area contributed by atoms with Crippen LogP contribution in [0.4, 0.5) is 11.4 Å². The summed E-state index contributed by atoms with van der Waals surface area (Å²) in [5.41, 5.74) is 1.65. The van der Waals surface area contributed by atoms with Crippen molar-refractivity contribution in [3.8, 4) is 11.5 Å². The lowest BCUT2D eigenvalue weighted by Crippen LogP contribution is -2.29. The number of hydrogen-bond donors (Lipinski definition) is 2. The van der Waals surface area contributed by atoms with Crippen molar-refractivity contribution in [3.63, 3.8) is 0 Å². The van der Waals surface area contributed by atoms with Crippen molar-refractivity contribution in [2.45, 2.75) is 13.0 Å². The molecule has 1 atom stereocenters. The summed E-state index contributed by atoms with van der Waals surface area (Å²) in [4.78, 5) is 43.3. The van der Waals surface area contributed by atoms with E-state index in [9.17, 15) is 19.5 Å². The summed E-state index contributed by atoms with van der Waals surface area (Å²) >= 11 is 0. The van der Waals surface area contributed by atoms with Crippen LogP contribution in [-0.4, -0.2) is 41.9 Å². The summed E-state index contributed by atoms with van der Waals surface area (Å²) in [7, 11) is 2.92. The van der Waals surface area contributed by atoms with Gasteiger partial charge >= 0.3 is 0 Å². The van der Waals surface area contributed by atoms with Crippen LogP contribution in [0.15, 0.2) is 72.6 Å². The zero-order valence-corrected chi connectivity index (χ0v) is 19.3. The SMILES string of the molecule is COc1ccc(OC)c(/C(O)=C2\C(=O)C(=O)N(c3ccc(NC(C)=O)cc3)C2c2ccncc2)c1. The van der Waals surface area contributed by atoms with Gasteiger partial charge in [-0.3, -0.25) is 24.3 Å². The van der Waals surface area contributed by atoms with E-state index in [2.05, 4.69) is 10.3 Å². The number of aliphatic hydroxyl groups excluding tert-OH is 1. The maximum Gasteiger partial charge on any atom is 0.300 e. The molecule has 1 fully saturated rings. The van der Waals surface area contributed by atoms with E-state index in [4.69, 9.17) is 9.47 Å². The lowest BCUT2D eigenvalue weighted by atomic mass is 9.95. The van der Waals surface area contributed by atoms with Crippen molar-refractivity contribution in [2.24, 2.45) is 0 Å². The highest BCUT2D eigenvalue weighted by atomic mass is 16.5. The molecule has 4 rings (SSSR count). The fourth-order valence-electron chi connectivity index (χ4n) is 4.01. The minimum Gasteiger partial charge on any atom is -0.507 e. The number of carbonyl (C=O) groups is 3. The second-order valence-corrected chi connectivity index (χ2v) is 7.74. The van der Waals surface area contributed by atoms with Crippen LogP contribution in [0.25, 0.3) is 5.76 Å². The summed E-state index contributed by atoms with van der Waals surface area (Å²) in [6.07, 6.45) is 3.09. The molecule has 2 aromatic carbocycles. The molecule has 1 aromatic heterocycles. The molecule has 0 saturated carbocycles. The predicted molar refractivity (Wildman–Crippen MR) is 129 cm³/mol. The standard InChI is InChI=1S/C26H23N3O6/c1-15(30)28-17-4-6-18(7-5-17)29-23(16-10-12-27-13-11-16)22(25(32)26(29)33)24(31)20-14-19(34-2)8-9-21(20)35-3/h4-14,23,31H,1-3H3,(H,28,30)/b24-22+. The van der Waals surface area contributed by atoms with Crippen LogP contribution in [0, 0.1) is 0 Å². The molecule has 3 aromatic rings. The maximum atomic E-state index is 13.3. The summed E-state index contributed by atoms with van der Waals surface area (Å²) < 4.78 is 10.6. The smallest absolute Gasteiger partial charge is 0.300 e. The van der Waals surface area contributed by atoms with Crippen LogP contribution < -0.4 is 19.7 Å². The molecular weight excluding hydrogens is 450 g/mol. The van der Waals surface area contributed by atoms with E-state index in [1.165, 1.54) is 32.1 Å². The van der Waals surface area contributed by atoms with E-state index in [-0.39, 0.29) is 17.0 Å². The minimum atomic E-state index is -0.930. The van der Waals surface area contributed by atoms with Gasteiger partial charge in [-0.25, -0.2) is 0 Å². The topological polar surface area (TPSA) is 118 Å². The Kier molecular flexibility index (Phi) is 6.50. The van der Waals surface area contributed by atoms with Crippen molar-refractivity contribution in [3.05, 3.63) is 83.7 Å². The zero-order chi connectivity index (χ0) is 25.1. The monoisotopic (exact) mass is 473 g/mol. The third kappa shape index (κ3) is 4.43. The minimum absolute atomic E-state index is 0.0984. The average molecular weight is 473 g/mol. The number of benzene rings is 2. The number of nitrogens with zero attached hydrogens (tertiary/aromatic N) is 2. The zero-order valence-electron chi connectivity index (χ0n) is 19.3. The molecule has 2 N–H and O–H groups in total. The third-order valence-corrected chi connectivity index (χ3v) is 5.59. The van der Waals surface area contributed by atoms with E-state index >= 15 is 0 Å². The molecule has 9 nitrogen and oxygen atoms in total. The van der Waals surface area contributed by atoms with Crippen molar-refractivity contribution >= 4 is 34.7 Å². The highest BCUT2D eigenvalue weighted by Gasteiger charge is 2.47. The number of pyridine rings is 1. The van der Waals surface area contributed by atoms with Crippen LogP contribution in [0.2, 0.25) is 0 Å². The van der Waals surface area contributed by atoms with E-state index in [0.29, 0.717) is 28.4 Å². The number of carbonyl (C=O) groups excluding carboxylic acids is 3. The van der Waals surface area contributed by atoms with E-state index in [1.54, 1.807) is 60.9 Å². The van der Waals surface area contributed by atoms with Crippen molar-refractivity contribution in [1.82, 2.24) is 4.98 Å². The van der Waals surface area contributed by atoms with Gasteiger partial charge in [0.1, 0.15) is 17.3 Å². The van der Waals surface area contributed by atoms with Crippen LogP contribution in [0.1, 0.15) is 24.1 Å². The Morgan fingerprint density at radius 2 is 1.69 bits per heavy atom. The van der Waals surface area contributed by atoms with Crippen molar-refractivity contribution < 1.29 is 29.0 Å². The number of nitrogens with one attached hydrogen (secondary N) is 1. The number of aromatic nitrogens is 1. The van der Waals surface area contributed by atoms with Gasteiger partial charge < -0.3 is 19.9 Å². The molecule has 2 heterocycles. The van der Waals surface area contributed by atoms with Gasteiger partial charge in [0, 0.05) is 30.7 Å². The Labute approximate surface area is 201 Å². The van der Waals surface area contributed by atoms with Gasteiger partial charge in [0.2, 0.25) is 5.91 Å². The van der Waals surface area contributed by atoms with E-state index in [0.717, 1.165) is 0 Å². The van der Waals surface area contributed by atoms with Gasteiger partial charge in [-0.2, -0.15) is 0 Å². The maximum absolute atomic E-state index is 13.3. The molecule has 2 amide bonds. The number of amides is 2. The first-order valence-electron chi connectivity index (χ1n) is 10.7. The van der Waals surface area contributed by atoms with E-state index < -0.39 is 23.5 Å². The molecule has 1 unspecified atom stereocenters. The summed E-state index contributed by atoms with van der Waals surface area (Å²) in [5.74, 6) is -1.53. The number of aliphatic hydroxyl groups is 1. The van der Waals surface area contributed by atoms with Gasteiger partial charge in [0.05, 0.1) is 31.4 Å². The first-order chi connectivity index (χ1) is 16.8. The highest BCUT2D eigenvalue weighted by molar-refractivity contribution is 6.51. The Balaban J connectivity index is 1.90. The fraction of sp³-hybridized carbons (Fsp3) is 0.154. The Morgan fingerprint density at radius 3 is 2.29 bits per heavy atom. The summed E-state index contributed by atoms with van der Waals surface area (Å²) in [5, 5.41) is 14.0.